The summed E-state index contributed by atoms with van der Waals surface area (Å²) in [5, 5.41) is 15.8. The van der Waals surface area contributed by atoms with Crippen LogP contribution in [0, 0.1) is 5.82 Å². The summed E-state index contributed by atoms with van der Waals surface area (Å²) in [6, 6.07) is 8.54. The molecule has 0 saturated carbocycles. The molecule has 0 aliphatic heterocycles. The largest absolute Gasteiger partial charge is 0.503 e. The second-order valence-corrected chi connectivity index (χ2v) is 5.69. The average Bonchev–Trinajstić information content (AvgIpc) is 2.61. The van der Waals surface area contributed by atoms with E-state index in [2.05, 4.69) is 15.8 Å². The minimum atomic E-state index is -0.685. The fraction of sp³-hybridized carbons (Fsp3) is 0.167. The van der Waals surface area contributed by atoms with Crippen molar-refractivity contribution in [1.82, 2.24) is 5.43 Å². The first-order chi connectivity index (χ1) is 12.9. The van der Waals surface area contributed by atoms with Crippen LogP contribution in [0.2, 0.25) is 5.02 Å². The molecule has 0 aromatic heterocycles. The van der Waals surface area contributed by atoms with E-state index in [0.29, 0.717) is 12.2 Å². The maximum atomic E-state index is 13.4. The molecule has 27 heavy (non-hydrogen) atoms. The molecule has 2 rings (SSSR count). The van der Waals surface area contributed by atoms with E-state index in [9.17, 15) is 19.1 Å². The molecule has 0 aliphatic carbocycles. The number of anilines is 1. The number of rotatable bonds is 7. The highest BCUT2D eigenvalue weighted by atomic mass is 35.5. The van der Waals surface area contributed by atoms with Crippen LogP contribution in [0.3, 0.4) is 0 Å². The number of halogens is 2. The molecule has 0 saturated heterocycles. The van der Waals surface area contributed by atoms with Gasteiger partial charge in [0.1, 0.15) is 12.2 Å². The van der Waals surface area contributed by atoms with Crippen LogP contribution < -0.4 is 15.5 Å². The third-order valence-corrected chi connectivity index (χ3v) is 3.51. The molecular formula is C18H17ClFN3O4. The zero-order chi connectivity index (χ0) is 19.8. The molecule has 0 bridgehead atoms. The monoisotopic (exact) mass is 393 g/mol. The maximum Gasteiger partial charge on any atom is 0.249 e. The third kappa shape index (κ3) is 5.96. The molecule has 2 amide bonds. The van der Waals surface area contributed by atoms with Gasteiger partial charge in [0.05, 0.1) is 23.5 Å². The Morgan fingerprint density at radius 2 is 2.04 bits per heavy atom. The quantitative estimate of drug-likeness (QED) is 0.382. The Morgan fingerprint density at radius 3 is 2.74 bits per heavy atom. The van der Waals surface area contributed by atoms with Gasteiger partial charge in [-0.25, -0.2) is 9.82 Å². The molecule has 0 radical (unpaired) electrons. The van der Waals surface area contributed by atoms with Gasteiger partial charge < -0.3 is 15.2 Å². The summed E-state index contributed by atoms with van der Waals surface area (Å²) >= 11 is 5.89. The number of nitrogens with one attached hydrogen (secondary N) is 2. The number of carbonyl (C=O) groups excluding carboxylic acids is 2. The number of hydrogen-bond donors (Lipinski definition) is 3. The number of benzene rings is 2. The van der Waals surface area contributed by atoms with E-state index in [1.165, 1.54) is 36.5 Å². The summed E-state index contributed by atoms with van der Waals surface area (Å²) in [4.78, 5) is 23.5. The van der Waals surface area contributed by atoms with Crippen LogP contribution in [0.25, 0.3) is 0 Å². The van der Waals surface area contributed by atoms with Gasteiger partial charge in [-0.05, 0) is 36.8 Å². The lowest BCUT2D eigenvalue weighted by atomic mass is 10.2. The highest BCUT2D eigenvalue weighted by Gasteiger charge is 2.11. The normalized spacial score (nSPS) is 10.6. The van der Waals surface area contributed by atoms with Crippen molar-refractivity contribution < 1.29 is 23.8 Å². The second kappa shape index (κ2) is 9.54. The molecule has 9 heteroatoms. The molecule has 0 atom stereocenters. The van der Waals surface area contributed by atoms with Crippen molar-refractivity contribution in [3.8, 4) is 11.5 Å². The number of amides is 2. The first-order valence-electron chi connectivity index (χ1n) is 7.92. The Bertz CT molecular complexity index is 874. The Balaban J connectivity index is 1.91. The van der Waals surface area contributed by atoms with Crippen LogP contribution in [0.15, 0.2) is 41.5 Å². The van der Waals surface area contributed by atoms with E-state index in [0.717, 1.165) is 0 Å². The van der Waals surface area contributed by atoms with Crippen LogP contribution in [-0.4, -0.2) is 29.7 Å². The van der Waals surface area contributed by atoms with Crippen molar-refractivity contribution in [2.45, 2.75) is 13.3 Å². The number of para-hydroxylation sites is 1. The van der Waals surface area contributed by atoms with E-state index >= 15 is 0 Å². The van der Waals surface area contributed by atoms with Gasteiger partial charge in [-0.15, -0.1) is 0 Å². The van der Waals surface area contributed by atoms with E-state index < -0.39 is 24.1 Å². The lowest BCUT2D eigenvalue weighted by Crippen LogP contribution is -2.24. The van der Waals surface area contributed by atoms with Gasteiger partial charge in [0, 0.05) is 0 Å². The molecule has 0 aliphatic rings. The summed E-state index contributed by atoms with van der Waals surface area (Å²) in [6.45, 7) is 2.08. The van der Waals surface area contributed by atoms with Crippen molar-refractivity contribution in [2.75, 3.05) is 11.9 Å². The smallest absolute Gasteiger partial charge is 0.249 e. The van der Waals surface area contributed by atoms with Gasteiger partial charge in [-0.2, -0.15) is 5.10 Å². The molecule has 0 heterocycles. The van der Waals surface area contributed by atoms with Crippen molar-refractivity contribution in [3.63, 3.8) is 0 Å². The summed E-state index contributed by atoms with van der Waals surface area (Å²) in [5.74, 6) is -1.97. The summed E-state index contributed by atoms with van der Waals surface area (Å²) in [7, 11) is 0. The zero-order valence-electron chi connectivity index (χ0n) is 14.3. The average molecular weight is 394 g/mol. The molecule has 0 spiro atoms. The maximum absolute atomic E-state index is 13.4. The van der Waals surface area contributed by atoms with Crippen LogP contribution in [0.5, 0.6) is 11.5 Å². The van der Waals surface area contributed by atoms with E-state index in [1.807, 2.05) is 0 Å². The highest BCUT2D eigenvalue weighted by molar-refractivity contribution is 6.32. The van der Waals surface area contributed by atoms with Gasteiger partial charge in [-0.3, -0.25) is 9.59 Å². The van der Waals surface area contributed by atoms with Crippen LogP contribution in [-0.2, 0) is 9.59 Å². The minimum absolute atomic E-state index is 0.0130. The molecular weight excluding hydrogens is 377 g/mol. The number of aromatic hydroxyl groups is 1. The Kier molecular flexibility index (Phi) is 7.13. The number of nitrogens with zero attached hydrogens (tertiary/aromatic N) is 1. The standard InChI is InChI=1S/C18H17ClFN3O4/c1-2-27-15-8-11(7-12(19)18(15)26)10-21-23-17(25)9-16(24)22-14-6-4-3-5-13(14)20/h3-8,10,26H,2,9H2,1H3,(H,22,24)(H,23,25)/b21-10+. The SMILES string of the molecule is CCOc1cc(/C=N/NC(=O)CC(=O)Nc2ccccc2F)cc(Cl)c1O. The predicted molar refractivity (Wildman–Crippen MR) is 99.7 cm³/mol. The second-order valence-electron chi connectivity index (χ2n) is 5.28. The highest BCUT2D eigenvalue weighted by Crippen LogP contribution is 2.34. The van der Waals surface area contributed by atoms with Crippen molar-refractivity contribution >= 4 is 35.3 Å². The Labute approximate surface area is 159 Å². The number of phenolic OH excluding ortho intramolecular Hbond substituents is 1. The van der Waals surface area contributed by atoms with Gasteiger partial charge in [0.2, 0.25) is 11.8 Å². The fourth-order valence-corrected chi connectivity index (χ4v) is 2.27. The summed E-state index contributed by atoms with van der Waals surface area (Å²) in [5.41, 5.74) is 2.63. The fourth-order valence-electron chi connectivity index (χ4n) is 2.05. The van der Waals surface area contributed by atoms with E-state index in [1.54, 1.807) is 13.0 Å². The molecule has 0 unspecified atom stereocenters. The van der Waals surface area contributed by atoms with Crippen molar-refractivity contribution in [1.29, 1.82) is 0 Å². The van der Waals surface area contributed by atoms with Crippen LogP contribution in [0.1, 0.15) is 18.9 Å². The molecule has 7 nitrogen and oxygen atoms in total. The minimum Gasteiger partial charge on any atom is -0.503 e. The summed E-state index contributed by atoms with van der Waals surface area (Å²) in [6.07, 6.45) is 0.743. The third-order valence-electron chi connectivity index (χ3n) is 3.22. The topological polar surface area (TPSA) is 100 Å². The lowest BCUT2D eigenvalue weighted by molar-refractivity contribution is -0.126. The van der Waals surface area contributed by atoms with Gasteiger partial charge >= 0.3 is 0 Å². The summed E-state index contributed by atoms with van der Waals surface area (Å²) < 4.78 is 18.7. The number of ether oxygens (including phenoxy) is 1. The first kappa shape index (κ1) is 20.2. The zero-order valence-corrected chi connectivity index (χ0v) is 15.1. The first-order valence-corrected chi connectivity index (χ1v) is 8.30. The molecule has 3 N–H and O–H groups in total. The van der Waals surface area contributed by atoms with Gasteiger partial charge in [0.15, 0.2) is 11.5 Å². The predicted octanol–water partition coefficient (Wildman–Crippen LogP) is 3.06. The molecule has 2 aromatic rings. The lowest BCUT2D eigenvalue weighted by Gasteiger charge is -2.08. The molecule has 142 valence electrons. The van der Waals surface area contributed by atoms with Crippen LogP contribution >= 0.6 is 11.6 Å². The molecule has 0 fully saturated rings. The number of carbonyl (C=O) groups is 2. The Morgan fingerprint density at radius 1 is 1.30 bits per heavy atom. The van der Waals surface area contributed by atoms with Gasteiger partial charge in [0.25, 0.3) is 0 Å². The number of hydrogen-bond acceptors (Lipinski definition) is 5. The number of hydrazone groups is 1. The van der Waals surface area contributed by atoms with Crippen molar-refractivity contribution in [2.24, 2.45) is 5.10 Å². The van der Waals surface area contributed by atoms with E-state index in [4.69, 9.17) is 16.3 Å². The van der Waals surface area contributed by atoms with Crippen molar-refractivity contribution in [3.05, 3.63) is 52.8 Å². The number of phenols is 1. The molecule has 2 aromatic carbocycles. The Hall–Kier alpha value is -3.13. The van der Waals surface area contributed by atoms with Gasteiger partial charge in [-0.1, -0.05) is 23.7 Å². The van der Waals surface area contributed by atoms with Crippen LogP contribution in [0.4, 0.5) is 10.1 Å². The van der Waals surface area contributed by atoms with E-state index in [-0.39, 0.29) is 22.2 Å².